The van der Waals surface area contributed by atoms with Crippen molar-refractivity contribution in [1.29, 1.82) is 0 Å². The number of hydrogen-bond acceptors (Lipinski definition) is 9. The monoisotopic (exact) mass is 493 g/mol. The van der Waals surface area contributed by atoms with Crippen LogP contribution in [-0.2, 0) is 16.1 Å². The zero-order chi connectivity index (χ0) is 25.4. The van der Waals surface area contributed by atoms with Crippen molar-refractivity contribution in [3.05, 3.63) is 35.7 Å². The van der Waals surface area contributed by atoms with Gasteiger partial charge in [0.05, 0.1) is 23.7 Å². The van der Waals surface area contributed by atoms with Gasteiger partial charge in [-0.1, -0.05) is 0 Å². The summed E-state index contributed by atoms with van der Waals surface area (Å²) >= 11 is 0. The molecule has 4 atom stereocenters. The van der Waals surface area contributed by atoms with Gasteiger partial charge in [-0.2, -0.15) is 5.10 Å². The number of aliphatic hydroxyl groups excluding tert-OH is 1. The number of carbonyl (C=O) groups is 1. The summed E-state index contributed by atoms with van der Waals surface area (Å²) in [6.07, 6.45) is 3.33. The van der Waals surface area contributed by atoms with E-state index in [1.54, 1.807) is 0 Å². The zero-order valence-corrected chi connectivity index (χ0v) is 21.3. The van der Waals surface area contributed by atoms with E-state index in [1.165, 1.54) is 0 Å². The number of rotatable bonds is 6. The summed E-state index contributed by atoms with van der Waals surface area (Å²) in [4.78, 5) is 22.2. The Morgan fingerprint density at radius 1 is 1.11 bits per heavy atom. The predicted octanol–water partition coefficient (Wildman–Crippen LogP) is 3.55. The SMILES string of the molecule is Cc1cc(Nc2cc3nc(CO)ccc3c(NC3C[C@@H]4CC(C(=O)OC(C)(C)C)C[C@H](C3)N4)n2)n[nH]1. The number of ether oxygens (including phenoxy) is 1. The minimum Gasteiger partial charge on any atom is -0.460 e. The molecule has 36 heavy (non-hydrogen) atoms. The number of aryl methyl sites for hydroxylation is 1. The van der Waals surface area contributed by atoms with Crippen LogP contribution in [0.25, 0.3) is 10.9 Å². The molecule has 0 aromatic carbocycles. The van der Waals surface area contributed by atoms with Crippen molar-refractivity contribution in [1.82, 2.24) is 25.5 Å². The van der Waals surface area contributed by atoms with Crippen LogP contribution in [0.2, 0.25) is 0 Å². The van der Waals surface area contributed by atoms with Crippen molar-refractivity contribution >= 4 is 34.3 Å². The number of hydrogen-bond donors (Lipinski definition) is 5. The zero-order valence-electron chi connectivity index (χ0n) is 21.3. The third-order valence-corrected chi connectivity index (χ3v) is 6.70. The maximum absolute atomic E-state index is 12.7. The predicted molar refractivity (Wildman–Crippen MR) is 138 cm³/mol. The van der Waals surface area contributed by atoms with E-state index in [-0.39, 0.29) is 36.6 Å². The molecule has 2 bridgehead atoms. The van der Waals surface area contributed by atoms with Gasteiger partial charge < -0.3 is 25.8 Å². The lowest BCUT2D eigenvalue weighted by molar-refractivity contribution is -0.162. The number of nitrogens with one attached hydrogen (secondary N) is 4. The summed E-state index contributed by atoms with van der Waals surface area (Å²) in [6, 6.07) is 8.24. The highest BCUT2D eigenvalue weighted by Crippen LogP contribution is 2.34. The molecular formula is C26H35N7O3. The van der Waals surface area contributed by atoms with Crippen molar-refractivity contribution in [2.45, 2.75) is 83.7 Å². The number of pyridine rings is 2. The van der Waals surface area contributed by atoms with E-state index in [9.17, 15) is 9.90 Å². The Labute approximate surface area is 210 Å². The lowest BCUT2D eigenvalue weighted by atomic mass is 9.78. The molecule has 5 N–H and O–H groups in total. The number of aromatic amines is 1. The first-order valence-corrected chi connectivity index (χ1v) is 12.6. The number of piperidine rings is 2. The summed E-state index contributed by atoms with van der Waals surface area (Å²) in [6.45, 7) is 7.56. The largest absolute Gasteiger partial charge is 0.460 e. The highest BCUT2D eigenvalue weighted by molar-refractivity contribution is 5.91. The molecule has 0 amide bonds. The molecule has 10 heteroatoms. The molecule has 5 heterocycles. The van der Waals surface area contributed by atoms with Gasteiger partial charge >= 0.3 is 5.97 Å². The first-order chi connectivity index (χ1) is 17.1. The maximum atomic E-state index is 12.7. The fraction of sp³-hybridized carbons (Fsp3) is 0.538. The van der Waals surface area contributed by atoms with Gasteiger partial charge in [-0.25, -0.2) is 4.98 Å². The second-order valence-electron chi connectivity index (χ2n) is 11.0. The van der Waals surface area contributed by atoms with Crippen LogP contribution < -0.4 is 16.0 Å². The summed E-state index contributed by atoms with van der Waals surface area (Å²) in [5, 5.41) is 28.3. The average molecular weight is 494 g/mol. The quantitative estimate of drug-likeness (QED) is 0.326. The van der Waals surface area contributed by atoms with Gasteiger partial charge in [0.1, 0.15) is 17.2 Å². The fourth-order valence-corrected chi connectivity index (χ4v) is 5.30. The summed E-state index contributed by atoms with van der Waals surface area (Å²) < 4.78 is 5.66. The molecule has 0 aliphatic carbocycles. The lowest BCUT2D eigenvalue weighted by Crippen LogP contribution is -2.55. The number of anilines is 3. The fourth-order valence-electron chi connectivity index (χ4n) is 5.30. The van der Waals surface area contributed by atoms with E-state index in [2.05, 4.69) is 31.1 Å². The minimum atomic E-state index is -0.467. The van der Waals surface area contributed by atoms with Crippen LogP contribution in [0.5, 0.6) is 0 Å². The molecule has 0 saturated carbocycles. The Hall–Kier alpha value is -3.24. The van der Waals surface area contributed by atoms with Crippen molar-refractivity contribution < 1.29 is 14.6 Å². The molecule has 2 saturated heterocycles. The van der Waals surface area contributed by atoms with Crippen molar-refractivity contribution in [3.8, 4) is 0 Å². The lowest BCUT2D eigenvalue weighted by Gasteiger charge is -2.43. The van der Waals surface area contributed by atoms with Crippen LogP contribution in [-0.4, -0.2) is 55.0 Å². The van der Waals surface area contributed by atoms with Crippen LogP contribution in [0.15, 0.2) is 24.3 Å². The van der Waals surface area contributed by atoms with Gasteiger partial charge in [0, 0.05) is 41.3 Å². The van der Waals surface area contributed by atoms with Gasteiger partial charge in [-0.15, -0.1) is 0 Å². The molecule has 10 nitrogen and oxygen atoms in total. The van der Waals surface area contributed by atoms with Gasteiger partial charge in [-0.3, -0.25) is 14.9 Å². The number of fused-ring (bicyclic) bond motifs is 3. The van der Waals surface area contributed by atoms with Crippen molar-refractivity contribution in [3.63, 3.8) is 0 Å². The molecule has 3 aromatic rings. The molecule has 2 unspecified atom stereocenters. The first-order valence-electron chi connectivity index (χ1n) is 12.6. The Bertz CT molecular complexity index is 1240. The first kappa shape index (κ1) is 24.5. The third kappa shape index (κ3) is 5.60. The molecule has 192 valence electrons. The van der Waals surface area contributed by atoms with Crippen LogP contribution in [0.4, 0.5) is 17.5 Å². The van der Waals surface area contributed by atoms with E-state index in [1.807, 2.05) is 52.0 Å². The number of aromatic nitrogens is 4. The van der Waals surface area contributed by atoms with Gasteiger partial charge in [0.2, 0.25) is 0 Å². The van der Waals surface area contributed by atoms with Crippen molar-refractivity contribution in [2.24, 2.45) is 5.92 Å². The maximum Gasteiger partial charge on any atom is 0.309 e. The molecule has 2 aliphatic rings. The highest BCUT2D eigenvalue weighted by atomic mass is 16.6. The summed E-state index contributed by atoms with van der Waals surface area (Å²) in [5.74, 6) is 1.89. The van der Waals surface area contributed by atoms with E-state index in [0.29, 0.717) is 17.3 Å². The molecule has 0 radical (unpaired) electrons. The minimum absolute atomic E-state index is 0.0636. The number of H-pyrrole nitrogens is 1. The number of nitrogens with zero attached hydrogens (tertiary/aromatic N) is 3. The second-order valence-corrected chi connectivity index (χ2v) is 11.0. The van der Waals surface area contributed by atoms with Crippen LogP contribution >= 0.6 is 0 Å². The van der Waals surface area contributed by atoms with Crippen LogP contribution in [0, 0.1) is 12.8 Å². The van der Waals surface area contributed by atoms with Gasteiger partial charge in [0.15, 0.2) is 5.82 Å². The standard InChI is InChI=1S/C26H35N7O3/c1-14-7-23(33-32-14)30-22-12-21-20(6-5-16(13-34)28-21)24(31-22)29-19-10-17-8-15(9-18(11-19)27-17)25(35)36-26(2,3)4/h5-7,12,15,17-19,27,34H,8-11,13H2,1-4H3,(H3,29,30,31,32,33)/t15?,17-,18+,19?. The molecule has 0 spiro atoms. The summed E-state index contributed by atoms with van der Waals surface area (Å²) in [5.41, 5.74) is 1.83. The molecular weight excluding hydrogens is 458 g/mol. The smallest absolute Gasteiger partial charge is 0.309 e. The normalized spacial score (nSPS) is 23.9. The number of carbonyl (C=O) groups excluding carboxylic acids is 1. The average Bonchev–Trinajstić information content (AvgIpc) is 3.21. The second kappa shape index (κ2) is 9.67. The van der Waals surface area contributed by atoms with E-state index >= 15 is 0 Å². The number of aliphatic hydroxyl groups is 1. The third-order valence-electron chi connectivity index (χ3n) is 6.70. The molecule has 2 aliphatic heterocycles. The Morgan fingerprint density at radius 2 is 1.86 bits per heavy atom. The topological polar surface area (TPSA) is 137 Å². The molecule has 3 aromatic heterocycles. The highest BCUT2D eigenvalue weighted by Gasteiger charge is 2.40. The summed E-state index contributed by atoms with van der Waals surface area (Å²) in [7, 11) is 0. The van der Waals surface area contributed by atoms with E-state index in [4.69, 9.17) is 9.72 Å². The Kier molecular flexibility index (Phi) is 6.57. The van der Waals surface area contributed by atoms with Crippen molar-refractivity contribution in [2.75, 3.05) is 10.6 Å². The van der Waals surface area contributed by atoms with E-state index in [0.717, 1.165) is 48.1 Å². The molecule has 5 rings (SSSR count). The van der Waals surface area contributed by atoms with Gasteiger partial charge in [0.25, 0.3) is 0 Å². The Morgan fingerprint density at radius 3 is 2.50 bits per heavy atom. The Balaban J connectivity index is 1.35. The van der Waals surface area contributed by atoms with Crippen LogP contribution in [0.3, 0.4) is 0 Å². The molecule has 2 fully saturated rings. The van der Waals surface area contributed by atoms with E-state index < -0.39 is 5.60 Å². The number of esters is 1. The van der Waals surface area contributed by atoms with Crippen LogP contribution in [0.1, 0.15) is 57.8 Å². The van der Waals surface area contributed by atoms with Gasteiger partial charge in [-0.05, 0) is 65.5 Å².